The maximum Gasteiger partial charge on any atom is 0.143 e. The van der Waals surface area contributed by atoms with Gasteiger partial charge in [0.25, 0.3) is 0 Å². The van der Waals surface area contributed by atoms with Crippen LogP contribution in [0.15, 0.2) is 27.2 Å². The molecule has 0 fully saturated rings. The highest BCUT2D eigenvalue weighted by molar-refractivity contribution is 6.15. The number of hydrogen-bond donors (Lipinski definition) is 1. The predicted molar refractivity (Wildman–Crippen MR) is 115 cm³/mol. The lowest BCUT2D eigenvalue weighted by Crippen LogP contribution is -1.92. The van der Waals surface area contributed by atoms with Crippen LogP contribution < -0.4 is 4.74 Å². The molecule has 4 heterocycles. The normalized spacial score (nSPS) is 11.7. The van der Waals surface area contributed by atoms with Crippen LogP contribution in [-0.4, -0.2) is 27.4 Å². The van der Waals surface area contributed by atoms with E-state index < -0.39 is 0 Å². The Morgan fingerprint density at radius 3 is 2.10 bits per heavy atom. The van der Waals surface area contributed by atoms with Gasteiger partial charge < -0.3 is 18.8 Å². The fraction of sp³-hybridized carbons (Fsp3) is 0.261. The summed E-state index contributed by atoms with van der Waals surface area (Å²) in [6, 6.07) is 6.19. The predicted octanol–water partition coefficient (Wildman–Crippen LogP) is 5.58. The lowest BCUT2D eigenvalue weighted by atomic mass is 9.99. The first-order chi connectivity index (χ1) is 14.4. The van der Waals surface area contributed by atoms with E-state index in [-0.39, 0.29) is 0 Å². The van der Waals surface area contributed by atoms with Crippen molar-refractivity contribution in [1.29, 1.82) is 0 Å². The van der Waals surface area contributed by atoms with E-state index in [4.69, 9.17) is 18.8 Å². The number of aryl methyl sites for hydroxylation is 5. The Balaban J connectivity index is 1.89. The van der Waals surface area contributed by atoms with Crippen LogP contribution in [0.25, 0.3) is 44.2 Å². The number of benzene rings is 1. The molecule has 0 unspecified atom stereocenters. The van der Waals surface area contributed by atoms with E-state index >= 15 is 0 Å². The molecule has 0 radical (unpaired) electrons. The molecule has 152 valence electrons. The maximum absolute atomic E-state index is 5.77. The number of nitrogens with one attached hydrogen (secondary N) is 1. The molecule has 0 bridgehead atoms. The summed E-state index contributed by atoms with van der Waals surface area (Å²) in [7, 11) is 1.68. The summed E-state index contributed by atoms with van der Waals surface area (Å²) in [6.45, 7) is 9.68. The number of hydrogen-bond acceptors (Lipinski definition) is 6. The lowest BCUT2D eigenvalue weighted by Gasteiger charge is -2.09. The molecular formula is C23H22N4O3. The second kappa shape index (κ2) is 6.45. The van der Waals surface area contributed by atoms with Crippen molar-refractivity contribution in [2.75, 3.05) is 7.11 Å². The van der Waals surface area contributed by atoms with Gasteiger partial charge in [-0.1, -0.05) is 10.3 Å². The highest BCUT2D eigenvalue weighted by Gasteiger charge is 2.22. The third-order valence-electron chi connectivity index (χ3n) is 5.60. The third-order valence-corrected chi connectivity index (χ3v) is 5.60. The fourth-order valence-electron chi connectivity index (χ4n) is 4.31. The number of methoxy groups -OCH3 is 1. The number of aromatic amines is 1. The monoisotopic (exact) mass is 402 g/mol. The van der Waals surface area contributed by atoms with E-state index in [1.54, 1.807) is 7.11 Å². The Bertz CT molecular complexity index is 1400. The average Bonchev–Trinajstić information content (AvgIpc) is 3.34. The number of H-pyrrole nitrogens is 1. The Morgan fingerprint density at radius 1 is 0.833 bits per heavy atom. The van der Waals surface area contributed by atoms with Crippen molar-refractivity contribution in [3.63, 3.8) is 0 Å². The van der Waals surface area contributed by atoms with Crippen molar-refractivity contribution in [1.82, 2.24) is 20.3 Å². The molecule has 0 aliphatic carbocycles. The number of nitrogens with zero attached hydrogens (tertiary/aromatic N) is 3. The molecule has 0 aliphatic heterocycles. The summed E-state index contributed by atoms with van der Waals surface area (Å²) in [5.74, 6) is 2.26. The van der Waals surface area contributed by atoms with Gasteiger partial charge in [0.1, 0.15) is 17.3 Å². The molecule has 0 saturated heterocycles. The molecule has 0 spiro atoms. The van der Waals surface area contributed by atoms with Gasteiger partial charge in [-0.3, -0.25) is 4.98 Å². The zero-order valence-electron chi connectivity index (χ0n) is 17.8. The Morgan fingerprint density at radius 2 is 1.50 bits per heavy atom. The quantitative estimate of drug-likeness (QED) is 0.424. The van der Waals surface area contributed by atoms with Crippen LogP contribution in [0, 0.1) is 34.6 Å². The van der Waals surface area contributed by atoms with Crippen molar-refractivity contribution in [2.24, 2.45) is 0 Å². The van der Waals surface area contributed by atoms with Crippen LogP contribution in [-0.2, 0) is 0 Å². The summed E-state index contributed by atoms with van der Waals surface area (Å²) in [5, 5.41) is 10.3. The van der Waals surface area contributed by atoms with Gasteiger partial charge in [-0.05, 0) is 52.8 Å². The van der Waals surface area contributed by atoms with Crippen molar-refractivity contribution < 1.29 is 13.8 Å². The Labute approximate surface area is 173 Å². The van der Waals surface area contributed by atoms with Crippen molar-refractivity contribution in [3.8, 4) is 28.1 Å². The lowest BCUT2D eigenvalue weighted by molar-refractivity contribution is 0.393. The fourth-order valence-corrected chi connectivity index (χ4v) is 4.31. The van der Waals surface area contributed by atoms with E-state index in [2.05, 4.69) is 27.4 Å². The first-order valence-corrected chi connectivity index (χ1v) is 9.76. The second-order valence-electron chi connectivity index (χ2n) is 7.66. The van der Waals surface area contributed by atoms with Gasteiger partial charge in [-0.15, -0.1) is 0 Å². The minimum Gasteiger partial charge on any atom is -0.496 e. The number of aromatic nitrogens is 4. The molecule has 0 amide bonds. The summed E-state index contributed by atoms with van der Waals surface area (Å²) in [6.07, 6.45) is 0. The first-order valence-electron chi connectivity index (χ1n) is 9.76. The van der Waals surface area contributed by atoms with Crippen LogP contribution in [0.1, 0.15) is 28.6 Å². The summed E-state index contributed by atoms with van der Waals surface area (Å²) < 4.78 is 16.6. The molecule has 30 heavy (non-hydrogen) atoms. The van der Waals surface area contributed by atoms with Crippen LogP contribution in [0.3, 0.4) is 0 Å². The highest BCUT2D eigenvalue weighted by Crippen LogP contribution is 2.42. The van der Waals surface area contributed by atoms with Gasteiger partial charge in [-0.25, -0.2) is 0 Å². The number of rotatable bonds is 3. The van der Waals surface area contributed by atoms with Gasteiger partial charge in [0, 0.05) is 27.5 Å². The van der Waals surface area contributed by atoms with Gasteiger partial charge in [0.2, 0.25) is 0 Å². The van der Waals surface area contributed by atoms with Gasteiger partial charge in [0.05, 0.1) is 40.8 Å². The molecular weight excluding hydrogens is 380 g/mol. The zero-order chi connectivity index (χ0) is 21.2. The number of ether oxygens (including phenoxy) is 1. The minimum absolute atomic E-state index is 0.751. The zero-order valence-corrected chi connectivity index (χ0v) is 17.8. The standard InChI is InChI=1S/C23H22N4O3/c1-10-7-18-22(23(24-10)21-12(3)27-30-14(21)5)15-9-19(28-6)16(8-17(15)25-18)20-11(2)26-29-13(20)4/h7-9,25H,1-6H3. The minimum atomic E-state index is 0.751. The number of fused-ring (bicyclic) bond motifs is 3. The van der Waals surface area contributed by atoms with Gasteiger partial charge >= 0.3 is 0 Å². The molecule has 7 nitrogen and oxygen atoms in total. The molecule has 1 N–H and O–H groups in total. The van der Waals surface area contributed by atoms with E-state index in [9.17, 15) is 0 Å². The molecule has 0 aliphatic rings. The van der Waals surface area contributed by atoms with Crippen molar-refractivity contribution >= 4 is 21.8 Å². The van der Waals surface area contributed by atoms with E-state index in [0.29, 0.717) is 0 Å². The second-order valence-corrected chi connectivity index (χ2v) is 7.66. The van der Waals surface area contributed by atoms with Gasteiger partial charge in [0.15, 0.2) is 0 Å². The highest BCUT2D eigenvalue weighted by atomic mass is 16.5. The molecule has 7 heteroatoms. The summed E-state index contributed by atoms with van der Waals surface area (Å²) >= 11 is 0. The average molecular weight is 402 g/mol. The molecule has 5 rings (SSSR count). The van der Waals surface area contributed by atoms with Crippen molar-refractivity contribution in [3.05, 3.63) is 46.8 Å². The molecule has 1 aromatic carbocycles. The van der Waals surface area contributed by atoms with E-state index in [0.717, 1.165) is 78.5 Å². The SMILES string of the molecule is COc1cc2c(cc1-c1c(C)noc1C)[nH]c1cc(C)nc(-c3c(C)noc3C)c12. The van der Waals surface area contributed by atoms with E-state index in [1.807, 2.05) is 40.7 Å². The van der Waals surface area contributed by atoms with Crippen LogP contribution in [0.5, 0.6) is 5.75 Å². The Kier molecular flexibility index (Phi) is 3.96. The van der Waals surface area contributed by atoms with Crippen molar-refractivity contribution in [2.45, 2.75) is 34.6 Å². The van der Waals surface area contributed by atoms with Gasteiger partial charge in [-0.2, -0.15) is 0 Å². The molecule has 0 atom stereocenters. The maximum atomic E-state index is 5.77. The molecule has 4 aromatic heterocycles. The van der Waals surface area contributed by atoms with E-state index in [1.165, 1.54) is 0 Å². The molecule has 0 saturated carbocycles. The van der Waals surface area contributed by atoms with Crippen LogP contribution >= 0.6 is 0 Å². The van der Waals surface area contributed by atoms with Crippen LogP contribution in [0.2, 0.25) is 0 Å². The molecule has 5 aromatic rings. The van der Waals surface area contributed by atoms with Crippen LogP contribution in [0.4, 0.5) is 0 Å². The summed E-state index contributed by atoms with van der Waals surface area (Å²) in [5.41, 5.74) is 8.24. The topological polar surface area (TPSA) is 90.0 Å². The number of pyridine rings is 1. The Hall–Kier alpha value is -3.61. The smallest absolute Gasteiger partial charge is 0.143 e. The third kappa shape index (κ3) is 2.55. The largest absolute Gasteiger partial charge is 0.496 e. The summed E-state index contributed by atoms with van der Waals surface area (Å²) in [4.78, 5) is 8.41. The first kappa shape index (κ1) is 18.4.